The van der Waals surface area contributed by atoms with Gasteiger partial charge in [-0.1, -0.05) is 25.1 Å². The first-order chi connectivity index (χ1) is 14.2. The van der Waals surface area contributed by atoms with Crippen molar-refractivity contribution in [1.82, 2.24) is 19.4 Å². The van der Waals surface area contributed by atoms with Crippen molar-refractivity contribution in [3.8, 4) is 17.2 Å². The Morgan fingerprint density at radius 2 is 2.03 bits per heavy atom. The van der Waals surface area contributed by atoms with E-state index in [2.05, 4.69) is 15.2 Å². The summed E-state index contributed by atoms with van der Waals surface area (Å²) in [6.07, 6.45) is 5.08. The summed E-state index contributed by atoms with van der Waals surface area (Å²) in [4.78, 5) is 17.1. The fourth-order valence-electron chi connectivity index (χ4n) is 2.81. The molecule has 4 rings (SSSR count). The summed E-state index contributed by atoms with van der Waals surface area (Å²) in [7, 11) is 0. The first-order valence-corrected chi connectivity index (χ1v) is 9.18. The first-order valence-electron chi connectivity index (χ1n) is 9.18. The lowest BCUT2D eigenvalue weighted by molar-refractivity contribution is 0.315. The highest BCUT2D eigenvalue weighted by Crippen LogP contribution is 2.22. The van der Waals surface area contributed by atoms with Crippen LogP contribution in [-0.2, 0) is 0 Å². The van der Waals surface area contributed by atoms with Gasteiger partial charge in [-0.3, -0.25) is 4.79 Å². The minimum atomic E-state index is -0.351. The number of aromatic hydroxyl groups is 1. The van der Waals surface area contributed by atoms with E-state index in [0.29, 0.717) is 29.0 Å². The summed E-state index contributed by atoms with van der Waals surface area (Å²) in [6, 6.07) is 14.4. The molecule has 0 fully saturated rings. The van der Waals surface area contributed by atoms with Crippen LogP contribution in [0.5, 0.6) is 11.5 Å². The molecule has 0 unspecified atom stereocenters. The van der Waals surface area contributed by atoms with E-state index in [1.807, 2.05) is 37.3 Å². The monoisotopic (exact) mass is 389 g/mol. The number of benzene rings is 2. The van der Waals surface area contributed by atoms with E-state index in [1.54, 1.807) is 16.8 Å². The van der Waals surface area contributed by atoms with Crippen LogP contribution in [-0.4, -0.2) is 37.4 Å². The maximum absolute atomic E-state index is 12.7. The van der Waals surface area contributed by atoms with Crippen molar-refractivity contribution >= 4 is 17.2 Å². The molecule has 0 amide bonds. The number of ether oxygens (including phenoxy) is 1. The molecule has 2 heterocycles. The Morgan fingerprint density at radius 3 is 2.79 bits per heavy atom. The molecule has 0 radical (unpaired) electrons. The van der Waals surface area contributed by atoms with Crippen molar-refractivity contribution in [2.75, 3.05) is 6.61 Å². The number of fused-ring (bicyclic) bond motifs is 1. The Morgan fingerprint density at radius 1 is 1.21 bits per heavy atom. The number of rotatable bonds is 6. The van der Waals surface area contributed by atoms with Gasteiger partial charge in [0.2, 0.25) is 0 Å². The van der Waals surface area contributed by atoms with Crippen molar-refractivity contribution in [2.24, 2.45) is 5.10 Å². The lowest BCUT2D eigenvalue weighted by atomic mass is 10.2. The predicted octanol–water partition coefficient (Wildman–Crippen LogP) is 2.96. The molecule has 1 N–H and O–H groups in total. The molecule has 0 saturated carbocycles. The van der Waals surface area contributed by atoms with E-state index in [9.17, 15) is 9.90 Å². The second-order valence-electron chi connectivity index (χ2n) is 6.34. The summed E-state index contributed by atoms with van der Waals surface area (Å²) in [5.41, 5.74) is 1.37. The smallest absolute Gasteiger partial charge is 0.285 e. The molecule has 0 spiro atoms. The fraction of sp³-hybridized carbons (Fsp3) is 0.143. The number of hydrogen-bond acceptors (Lipinski definition) is 6. The van der Waals surface area contributed by atoms with Gasteiger partial charge < -0.3 is 9.84 Å². The SMILES string of the molecule is CCCOc1ccc(/C=N/n2cnc3c(cnn3-c3ccccc3)c2=O)c(O)c1. The Balaban J connectivity index is 1.64. The Bertz CT molecular complexity index is 1230. The topological polar surface area (TPSA) is 94.5 Å². The third kappa shape index (κ3) is 3.73. The van der Waals surface area contributed by atoms with Crippen LogP contribution in [0.1, 0.15) is 18.9 Å². The van der Waals surface area contributed by atoms with Crippen molar-refractivity contribution in [3.63, 3.8) is 0 Å². The third-order valence-corrected chi connectivity index (χ3v) is 4.27. The summed E-state index contributed by atoms with van der Waals surface area (Å²) in [6.45, 7) is 2.58. The molecule has 2 aromatic carbocycles. The zero-order chi connectivity index (χ0) is 20.2. The average molecular weight is 389 g/mol. The van der Waals surface area contributed by atoms with Gasteiger partial charge in [-0.2, -0.15) is 14.9 Å². The minimum Gasteiger partial charge on any atom is -0.507 e. The lowest BCUT2D eigenvalue weighted by Crippen LogP contribution is -2.17. The van der Waals surface area contributed by atoms with Crippen molar-refractivity contribution in [1.29, 1.82) is 0 Å². The summed E-state index contributed by atoms with van der Waals surface area (Å²) >= 11 is 0. The Hall–Kier alpha value is -3.94. The summed E-state index contributed by atoms with van der Waals surface area (Å²) in [5, 5.41) is 18.9. The lowest BCUT2D eigenvalue weighted by Gasteiger charge is -2.06. The normalized spacial score (nSPS) is 11.3. The van der Waals surface area contributed by atoms with Crippen molar-refractivity contribution in [3.05, 3.63) is 77.0 Å². The molecular formula is C21H19N5O3. The number of nitrogens with zero attached hydrogens (tertiary/aromatic N) is 5. The Kier molecular flexibility index (Phi) is 5.07. The molecule has 0 bridgehead atoms. The van der Waals surface area contributed by atoms with Gasteiger partial charge in [-0.15, -0.1) is 0 Å². The molecule has 0 aliphatic rings. The maximum Gasteiger partial charge on any atom is 0.285 e. The van der Waals surface area contributed by atoms with E-state index < -0.39 is 0 Å². The van der Waals surface area contributed by atoms with Gasteiger partial charge >= 0.3 is 0 Å². The van der Waals surface area contributed by atoms with Crippen LogP contribution in [0.2, 0.25) is 0 Å². The van der Waals surface area contributed by atoms with Crippen molar-refractivity contribution < 1.29 is 9.84 Å². The summed E-state index contributed by atoms with van der Waals surface area (Å²) in [5.74, 6) is 0.594. The van der Waals surface area contributed by atoms with Crippen LogP contribution in [0, 0.1) is 0 Å². The van der Waals surface area contributed by atoms with E-state index in [0.717, 1.165) is 16.8 Å². The molecule has 0 aliphatic carbocycles. The van der Waals surface area contributed by atoms with Crippen LogP contribution in [0.15, 0.2) is 71.0 Å². The highest BCUT2D eigenvalue weighted by Gasteiger charge is 2.11. The second-order valence-corrected chi connectivity index (χ2v) is 6.34. The van der Waals surface area contributed by atoms with Gasteiger partial charge in [0.25, 0.3) is 5.56 Å². The van der Waals surface area contributed by atoms with Crippen molar-refractivity contribution in [2.45, 2.75) is 13.3 Å². The first kappa shape index (κ1) is 18.4. The number of para-hydroxylation sites is 1. The fourth-order valence-corrected chi connectivity index (χ4v) is 2.81. The van der Waals surface area contributed by atoms with Gasteiger partial charge in [-0.25, -0.2) is 9.67 Å². The molecule has 0 saturated heterocycles. The van der Waals surface area contributed by atoms with Crippen LogP contribution in [0.3, 0.4) is 0 Å². The van der Waals surface area contributed by atoms with Gasteiger partial charge in [0.1, 0.15) is 23.2 Å². The summed E-state index contributed by atoms with van der Waals surface area (Å²) < 4.78 is 8.20. The van der Waals surface area contributed by atoms with E-state index in [4.69, 9.17) is 4.74 Å². The second kappa shape index (κ2) is 7.97. The number of aromatic nitrogens is 4. The largest absolute Gasteiger partial charge is 0.507 e. The zero-order valence-corrected chi connectivity index (χ0v) is 15.8. The van der Waals surface area contributed by atoms with E-state index >= 15 is 0 Å². The van der Waals surface area contributed by atoms with Crippen LogP contribution >= 0.6 is 0 Å². The maximum atomic E-state index is 12.7. The van der Waals surface area contributed by atoms with E-state index in [-0.39, 0.29) is 11.3 Å². The van der Waals surface area contributed by atoms with Gasteiger partial charge in [-0.05, 0) is 30.7 Å². The quantitative estimate of drug-likeness (QED) is 0.512. The van der Waals surface area contributed by atoms with Crippen LogP contribution in [0.25, 0.3) is 16.7 Å². The Labute approximate surface area is 166 Å². The minimum absolute atomic E-state index is 0.0151. The van der Waals surface area contributed by atoms with Gasteiger partial charge in [0.15, 0.2) is 5.65 Å². The van der Waals surface area contributed by atoms with E-state index in [1.165, 1.54) is 24.8 Å². The van der Waals surface area contributed by atoms with Gasteiger partial charge in [0, 0.05) is 11.6 Å². The van der Waals surface area contributed by atoms with Gasteiger partial charge in [0.05, 0.1) is 24.7 Å². The number of phenols is 1. The van der Waals surface area contributed by atoms with Crippen LogP contribution < -0.4 is 10.3 Å². The standard InChI is InChI=1S/C21H19N5O3/c1-2-10-29-17-9-8-15(19(27)11-17)12-23-25-14-22-20-18(21(25)28)13-24-26(20)16-6-4-3-5-7-16/h3-9,11-14,27H,2,10H2,1H3/b23-12+. The highest BCUT2D eigenvalue weighted by molar-refractivity contribution is 5.83. The molecule has 146 valence electrons. The number of phenolic OH excluding ortho intramolecular Hbond substituents is 1. The highest BCUT2D eigenvalue weighted by atomic mass is 16.5. The molecule has 0 aliphatic heterocycles. The molecular weight excluding hydrogens is 370 g/mol. The molecule has 2 aromatic heterocycles. The predicted molar refractivity (Wildman–Crippen MR) is 110 cm³/mol. The average Bonchev–Trinajstić information content (AvgIpc) is 3.18. The zero-order valence-electron chi connectivity index (χ0n) is 15.8. The number of hydrogen-bond donors (Lipinski definition) is 1. The molecule has 29 heavy (non-hydrogen) atoms. The third-order valence-electron chi connectivity index (χ3n) is 4.27. The molecule has 4 aromatic rings. The molecule has 8 nitrogen and oxygen atoms in total. The molecule has 0 atom stereocenters. The van der Waals surface area contributed by atoms with Crippen LogP contribution in [0.4, 0.5) is 0 Å². The molecule has 8 heteroatoms.